The highest BCUT2D eigenvalue weighted by molar-refractivity contribution is 6.29. The zero-order valence-corrected chi connectivity index (χ0v) is 10.8. The van der Waals surface area contributed by atoms with Gasteiger partial charge in [0, 0.05) is 12.1 Å². The molecule has 1 aliphatic heterocycles. The lowest BCUT2D eigenvalue weighted by Crippen LogP contribution is -2.20. The summed E-state index contributed by atoms with van der Waals surface area (Å²) < 4.78 is 0. The molecule has 0 saturated carbocycles. The largest absolute Gasteiger partial charge is 0.382 e. The number of anilines is 1. The SMILES string of the molecule is Cl.Cl.Nc1nnc(Cl)cc1C1=CCNCC1. The molecule has 16 heavy (non-hydrogen) atoms. The lowest BCUT2D eigenvalue weighted by Gasteiger charge is -2.14. The van der Waals surface area contributed by atoms with Gasteiger partial charge in [0.15, 0.2) is 11.0 Å². The van der Waals surface area contributed by atoms with E-state index in [0.29, 0.717) is 11.0 Å². The number of nitrogen functional groups attached to an aromatic ring is 1. The van der Waals surface area contributed by atoms with E-state index in [0.717, 1.165) is 25.1 Å². The van der Waals surface area contributed by atoms with E-state index in [9.17, 15) is 0 Å². The van der Waals surface area contributed by atoms with Crippen LogP contribution in [-0.4, -0.2) is 23.3 Å². The van der Waals surface area contributed by atoms with Gasteiger partial charge in [-0.25, -0.2) is 0 Å². The maximum absolute atomic E-state index is 5.76. The van der Waals surface area contributed by atoms with Gasteiger partial charge < -0.3 is 11.1 Å². The van der Waals surface area contributed by atoms with Gasteiger partial charge in [-0.2, -0.15) is 0 Å². The van der Waals surface area contributed by atoms with Crippen molar-refractivity contribution in [2.24, 2.45) is 0 Å². The standard InChI is InChI=1S/C9H11ClN4.2ClH/c10-8-5-7(9(11)14-13-8)6-1-3-12-4-2-6;;/h1,5,12H,2-4H2,(H2,11,14);2*1H. The Morgan fingerprint density at radius 1 is 1.31 bits per heavy atom. The number of halogens is 3. The monoisotopic (exact) mass is 282 g/mol. The second-order valence-electron chi connectivity index (χ2n) is 3.15. The number of nitrogens with two attached hydrogens (primary N) is 1. The zero-order valence-electron chi connectivity index (χ0n) is 8.44. The summed E-state index contributed by atoms with van der Waals surface area (Å²) in [6, 6.07) is 1.76. The predicted octanol–water partition coefficient (Wildman–Crippen LogP) is 1.93. The van der Waals surface area contributed by atoms with Gasteiger partial charge in [-0.3, -0.25) is 0 Å². The van der Waals surface area contributed by atoms with Crippen molar-refractivity contribution in [3.05, 3.63) is 22.9 Å². The molecule has 0 unspecified atom stereocenters. The summed E-state index contributed by atoms with van der Waals surface area (Å²) in [5.41, 5.74) is 7.83. The number of nitrogens with zero attached hydrogens (tertiary/aromatic N) is 2. The van der Waals surface area contributed by atoms with Crippen molar-refractivity contribution < 1.29 is 0 Å². The van der Waals surface area contributed by atoms with Crippen LogP contribution in [0, 0.1) is 0 Å². The van der Waals surface area contributed by atoms with Crippen molar-refractivity contribution in [1.82, 2.24) is 15.5 Å². The van der Waals surface area contributed by atoms with Gasteiger partial charge >= 0.3 is 0 Å². The van der Waals surface area contributed by atoms with Crippen LogP contribution in [-0.2, 0) is 0 Å². The minimum atomic E-state index is 0. The molecule has 0 aromatic carbocycles. The van der Waals surface area contributed by atoms with Crippen LogP contribution in [0.25, 0.3) is 5.57 Å². The highest BCUT2D eigenvalue weighted by Crippen LogP contribution is 2.24. The summed E-state index contributed by atoms with van der Waals surface area (Å²) in [7, 11) is 0. The van der Waals surface area contributed by atoms with Crippen LogP contribution in [0.2, 0.25) is 5.15 Å². The summed E-state index contributed by atoms with van der Waals surface area (Å²) in [6.45, 7) is 1.83. The van der Waals surface area contributed by atoms with E-state index in [2.05, 4.69) is 21.6 Å². The fourth-order valence-electron chi connectivity index (χ4n) is 1.50. The van der Waals surface area contributed by atoms with E-state index in [4.69, 9.17) is 17.3 Å². The van der Waals surface area contributed by atoms with Gasteiger partial charge in [-0.15, -0.1) is 35.0 Å². The lowest BCUT2D eigenvalue weighted by molar-refractivity contribution is 0.738. The first-order valence-corrected chi connectivity index (χ1v) is 4.84. The molecule has 0 fully saturated rings. The van der Waals surface area contributed by atoms with Crippen molar-refractivity contribution in [3.8, 4) is 0 Å². The third-order valence-electron chi connectivity index (χ3n) is 2.20. The van der Waals surface area contributed by atoms with E-state index < -0.39 is 0 Å². The molecule has 1 aromatic rings. The van der Waals surface area contributed by atoms with Crippen LogP contribution >= 0.6 is 36.4 Å². The summed E-state index contributed by atoms with van der Waals surface area (Å²) in [6.07, 6.45) is 3.05. The molecule has 3 N–H and O–H groups in total. The molecule has 0 atom stereocenters. The topological polar surface area (TPSA) is 63.8 Å². The highest BCUT2D eigenvalue weighted by atomic mass is 35.5. The van der Waals surface area contributed by atoms with Crippen molar-refractivity contribution in [1.29, 1.82) is 0 Å². The summed E-state index contributed by atoms with van der Waals surface area (Å²) in [5, 5.41) is 11.1. The molecule has 4 nitrogen and oxygen atoms in total. The predicted molar refractivity (Wildman–Crippen MR) is 71.4 cm³/mol. The molecule has 0 saturated heterocycles. The molecular weight excluding hydrogens is 270 g/mol. The normalized spacial score (nSPS) is 14.4. The Morgan fingerprint density at radius 3 is 2.69 bits per heavy atom. The summed E-state index contributed by atoms with van der Waals surface area (Å²) >= 11 is 5.76. The van der Waals surface area contributed by atoms with Crippen molar-refractivity contribution in [3.63, 3.8) is 0 Å². The van der Waals surface area contributed by atoms with Crippen molar-refractivity contribution in [2.75, 3.05) is 18.8 Å². The van der Waals surface area contributed by atoms with Crippen LogP contribution in [0.15, 0.2) is 12.1 Å². The number of rotatable bonds is 1. The number of nitrogens with one attached hydrogen (secondary N) is 1. The molecule has 0 amide bonds. The number of aromatic nitrogens is 2. The maximum atomic E-state index is 5.76. The fraction of sp³-hybridized carbons (Fsp3) is 0.333. The van der Waals surface area contributed by atoms with Crippen LogP contribution in [0.4, 0.5) is 5.82 Å². The van der Waals surface area contributed by atoms with E-state index in [1.165, 1.54) is 5.57 Å². The van der Waals surface area contributed by atoms with Gasteiger partial charge in [0.25, 0.3) is 0 Å². The molecule has 90 valence electrons. The Balaban J connectivity index is 0.00000112. The minimum absolute atomic E-state index is 0. The number of hydrogen-bond donors (Lipinski definition) is 2. The van der Waals surface area contributed by atoms with Crippen LogP contribution in [0.5, 0.6) is 0 Å². The average molecular weight is 284 g/mol. The molecule has 0 spiro atoms. The molecule has 7 heteroatoms. The first-order chi connectivity index (χ1) is 6.77. The van der Waals surface area contributed by atoms with Gasteiger partial charge in [0.1, 0.15) is 0 Å². The van der Waals surface area contributed by atoms with Gasteiger partial charge in [0.2, 0.25) is 0 Å². The molecule has 2 heterocycles. The molecular formula is C9H13Cl3N4. The van der Waals surface area contributed by atoms with Crippen molar-refractivity contribution in [2.45, 2.75) is 6.42 Å². The molecule has 2 rings (SSSR count). The lowest BCUT2D eigenvalue weighted by atomic mass is 10.0. The van der Waals surface area contributed by atoms with Crippen LogP contribution in [0.1, 0.15) is 12.0 Å². The Morgan fingerprint density at radius 2 is 2.06 bits per heavy atom. The average Bonchev–Trinajstić information content (AvgIpc) is 2.23. The Hall–Kier alpha value is -0.550. The quantitative estimate of drug-likeness (QED) is 0.827. The molecule has 0 aliphatic carbocycles. The fourth-order valence-corrected chi connectivity index (χ4v) is 1.65. The maximum Gasteiger partial charge on any atom is 0.153 e. The summed E-state index contributed by atoms with van der Waals surface area (Å²) in [4.78, 5) is 0. The van der Waals surface area contributed by atoms with Gasteiger partial charge in [-0.05, 0) is 24.6 Å². The molecule has 0 radical (unpaired) electrons. The highest BCUT2D eigenvalue weighted by Gasteiger charge is 2.10. The van der Waals surface area contributed by atoms with E-state index >= 15 is 0 Å². The molecule has 0 bridgehead atoms. The third-order valence-corrected chi connectivity index (χ3v) is 2.39. The first kappa shape index (κ1) is 15.4. The second-order valence-corrected chi connectivity index (χ2v) is 3.54. The summed E-state index contributed by atoms with van der Waals surface area (Å²) in [5.74, 6) is 0.447. The second kappa shape index (κ2) is 6.91. The van der Waals surface area contributed by atoms with E-state index in [1.54, 1.807) is 6.07 Å². The van der Waals surface area contributed by atoms with Gasteiger partial charge in [-0.1, -0.05) is 17.7 Å². The Bertz CT molecular complexity index is 381. The van der Waals surface area contributed by atoms with E-state index in [-0.39, 0.29) is 24.8 Å². The third kappa shape index (κ3) is 3.49. The van der Waals surface area contributed by atoms with Crippen LogP contribution in [0.3, 0.4) is 0 Å². The Labute approximate surface area is 111 Å². The van der Waals surface area contributed by atoms with E-state index in [1.807, 2.05) is 0 Å². The minimum Gasteiger partial charge on any atom is -0.382 e. The van der Waals surface area contributed by atoms with Crippen molar-refractivity contribution >= 4 is 47.8 Å². The molecule has 1 aromatic heterocycles. The zero-order chi connectivity index (χ0) is 9.97. The molecule has 1 aliphatic rings. The van der Waals surface area contributed by atoms with Gasteiger partial charge in [0.05, 0.1) is 0 Å². The Kier molecular flexibility index (Phi) is 6.67. The first-order valence-electron chi connectivity index (χ1n) is 4.46. The van der Waals surface area contributed by atoms with Crippen LogP contribution < -0.4 is 11.1 Å². The number of hydrogen-bond acceptors (Lipinski definition) is 4. The smallest absolute Gasteiger partial charge is 0.153 e.